The van der Waals surface area contributed by atoms with Crippen molar-refractivity contribution in [3.63, 3.8) is 0 Å². The molecule has 0 aromatic heterocycles. The van der Waals surface area contributed by atoms with Gasteiger partial charge in [0.15, 0.2) is 0 Å². The van der Waals surface area contributed by atoms with Gasteiger partial charge in [0.1, 0.15) is 0 Å². The SMILES string of the molecule is CC1CCN(C(CN)c2ccc(Br)cc2Cl)C(C)C1. The molecule has 3 atom stereocenters. The van der Waals surface area contributed by atoms with Crippen LogP contribution in [0.1, 0.15) is 38.3 Å². The second kappa shape index (κ2) is 6.57. The first-order chi connectivity index (χ1) is 9.02. The maximum atomic E-state index is 6.39. The second-order valence-corrected chi connectivity index (χ2v) is 6.96. The molecular formula is C15H22BrClN2. The highest BCUT2D eigenvalue weighted by atomic mass is 79.9. The molecule has 106 valence electrons. The molecule has 0 spiro atoms. The van der Waals surface area contributed by atoms with E-state index in [1.807, 2.05) is 12.1 Å². The summed E-state index contributed by atoms with van der Waals surface area (Å²) in [5.74, 6) is 0.810. The molecule has 1 saturated heterocycles. The summed E-state index contributed by atoms with van der Waals surface area (Å²) >= 11 is 9.84. The van der Waals surface area contributed by atoms with Gasteiger partial charge in [-0.05, 0) is 49.9 Å². The molecule has 0 aliphatic carbocycles. The van der Waals surface area contributed by atoms with Gasteiger partial charge in [-0.15, -0.1) is 0 Å². The van der Waals surface area contributed by atoms with Crippen molar-refractivity contribution in [2.24, 2.45) is 11.7 Å². The Labute approximate surface area is 129 Å². The minimum Gasteiger partial charge on any atom is -0.329 e. The van der Waals surface area contributed by atoms with E-state index < -0.39 is 0 Å². The van der Waals surface area contributed by atoms with Crippen LogP contribution in [0.4, 0.5) is 0 Å². The van der Waals surface area contributed by atoms with Crippen LogP contribution in [0.5, 0.6) is 0 Å². The van der Waals surface area contributed by atoms with Crippen molar-refractivity contribution in [1.29, 1.82) is 0 Å². The van der Waals surface area contributed by atoms with Crippen molar-refractivity contribution in [3.05, 3.63) is 33.3 Å². The lowest BCUT2D eigenvalue weighted by atomic mass is 9.90. The quantitative estimate of drug-likeness (QED) is 0.888. The standard InChI is InChI=1S/C15H22BrClN2/c1-10-5-6-19(11(2)7-10)15(9-18)13-4-3-12(16)8-14(13)17/h3-4,8,10-11,15H,5-7,9,18H2,1-2H3. The molecule has 2 nitrogen and oxygen atoms in total. The van der Waals surface area contributed by atoms with Crippen molar-refractivity contribution < 1.29 is 0 Å². The van der Waals surface area contributed by atoms with Crippen LogP contribution in [0.2, 0.25) is 5.02 Å². The van der Waals surface area contributed by atoms with Gasteiger partial charge in [-0.25, -0.2) is 0 Å². The Morgan fingerprint density at radius 1 is 1.47 bits per heavy atom. The maximum Gasteiger partial charge on any atom is 0.0488 e. The summed E-state index contributed by atoms with van der Waals surface area (Å²) in [4.78, 5) is 2.51. The van der Waals surface area contributed by atoms with Gasteiger partial charge in [0, 0.05) is 28.1 Å². The van der Waals surface area contributed by atoms with Gasteiger partial charge in [0.2, 0.25) is 0 Å². The van der Waals surface area contributed by atoms with E-state index in [9.17, 15) is 0 Å². The van der Waals surface area contributed by atoms with E-state index in [4.69, 9.17) is 17.3 Å². The maximum absolute atomic E-state index is 6.39. The summed E-state index contributed by atoms with van der Waals surface area (Å²) in [7, 11) is 0. The van der Waals surface area contributed by atoms with Gasteiger partial charge in [0.25, 0.3) is 0 Å². The fraction of sp³-hybridized carbons (Fsp3) is 0.600. The predicted molar refractivity (Wildman–Crippen MR) is 85.5 cm³/mol. The predicted octanol–water partition coefficient (Wildman–Crippen LogP) is 4.22. The number of hydrogen-bond donors (Lipinski definition) is 1. The number of halogens is 2. The summed E-state index contributed by atoms with van der Waals surface area (Å²) < 4.78 is 1.01. The Morgan fingerprint density at radius 3 is 2.79 bits per heavy atom. The lowest BCUT2D eigenvalue weighted by Gasteiger charge is -2.41. The number of piperidine rings is 1. The summed E-state index contributed by atoms with van der Waals surface area (Å²) in [6.07, 6.45) is 2.49. The van der Waals surface area contributed by atoms with Gasteiger partial charge in [-0.2, -0.15) is 0 Å². The summed E-state index contributed by atoms with van der Waals surface area (Å²) in [5.41, 5.74) is 7.17. The highest BCUT2D eigenvalue weighted by Crippen LogP contribution is 2.34. The fourth-order valence-electron chi connectivity index (χ4n) is 3.10. The molecule has 0 saturated carbocycles. The van der Waals surface area contributed by atoms with Gasteiger partial charge < -0.3 is 5.73 Å². The van der Waals surface area contributed by atoms with E-state index in [2.05, 4.69) is 40.7 Å². The number of nitrogens with two attached hydrogens (primary N) is 1. The number of rotatable bonds is 3. The monoisotopic (exact) mass is 344 g/mol. The van der Waals surface area contributed by atoms with Crippen molar-refractivity contribution in [2.75, 3.05) is 13.1 Å². The Hall–Kier alpha value is -0.0900. The van der Waals surface area contributed by atoms with Crippen LogP contribution < -0.4 is 5.73 Å². The van der Waals surface area contributed by atoms with Crippen LogP contribution in [0.25, 0.3) is 0 Å². The molecule has 19 heavy (non-hydrogen) atoms. The zero-order chi connectivity index (χ0) is 14.0. The van der Waals surface area contributed by atoms with Crippen molar-refractivity contribution in [3.8, 4) is 0 Å². The van der Waals surface area contributed by atoms with Crippen LogP contribution in [-0.2, 0) is 0 Å². The Bertz CT molecular complexity index is 438. The molecule has 3 unspecified atom stereocenters. The third kappa shape index (κ3) is 3.52. The average Bonchev–Trinajstić information content (AvgIpc) is 2.34. The molecule has 0 bridgehead atoms. The van der Waals surface area contributed by atoms with Crippen LogP contribution in [-0.4, -0.2) is 24.0 Å². The minimum atomic E-state index is 0.225. The normalized spacial score (nSPS) is 26.4. The zero-order valence-electron chi connectivity index (χ0n) is 11.6. The number of hydrogen-bond acceptors (Lipinski definition) is 2. The molecular weight excluding hydrogens is 324 g/mol. The number of likely N-dealkylation sites (tertiary alicyclic amines) is 1. The van der Waals surface area contributed by atoms with E-state index in [1.54, 1.807) is 0 Å². The topological polar surface area (TPSA) is 29.3 Å². The zero-order valence-corrected chi connectivity index (χ0v) is 13.9. The van der Waals surface area contributed by atoms with E-state index in [0.29, 0.717) is 12.6 Å². The third-order valence-electron chi connectivity index (χ3n) is 4.13. The molecule has 4 heteroatoms. The lowest BCUT2D eigenvalue weighted by molar-refractivity contribution is 0.0848. The molecule has 2 N–H and O–H groups in total. The molecule has 1 aliphatic heterocycles. The summed E-state index contributed by atoms with van der Waals surface area (Å²) in [6, 6.07) is 6.88. The second-order valence-electron chi connectivity index (χ2n) is 5.63. The molecule has 1 aliphatic rings. The molecule has 1 heterocycles. The first-order valence-electron chi connectivity index (χ1n) is 6.93. The van der Waals surface area contributed by atoms with E-state index in [0.717, 1.165) is 27.5 Å². The van der Waals surface area contributed by atoms with E-state index in [-0.39, 0.29) is 6.04 Å². The summed E-state index contributed by atoms with van der Waals surface area (Å²) in [6.45, 7) is 6.35. The molecule has 1 aromatic rings. The Balaban J connectivity index is 2.24. The smallest absolute Gasteiger partial charge is 0.0488 e. The molecule has 2 rings (SSSR count). The van der Waals surface area contributed by atoms with Gasteiger partial charge in [-0.1, -0.05) is 40.5 Å². The molecule has 1 aromatic carbocycles. The Kier molecular flexibility index (Phi) is 5.29. The van der Waals surface area contributed by atoms with Gasteiger partial charge in [-0.3, -0.25) is 4.90 Å². The fourth-order valence-corrected chi connectivity index (χ4v) is 3.90. The molecule has 0 radical (unpaired) electrons. The van der Waals surface area contributed by atoms with Crippen molar-refractivity contribution >= 4 is 27.5 Å². The third-order valence-corrected chi connectivity index (χ3v) is 4.96. The van der Waals surface area contributed by atoms with Crippen molar-refractivity contribution in [1.82, 2.24) is 4.90 Å². The minimum absolute atomic E-state index is 0.225. The van der Waals surface area contributed by atoms with Gasteiger partial charge >= 0.3 is 0 Å². The first kappa shape index (κ1) is 15.3. The molecule has 0 amide bonds. The Morgan fingerprint density at radius 2 is 2.21 bits per heavy atom. The first-order valence-corrected chi connectivity index (χ1v) is 8.10. The average molecular weight is 346 g/mol. The van der Waals surface area contributed by atoms with Gasteiger partial charge in [0.05, 0.1) is 0 Å². The van der Waals surface area contributed by atoms with E-state index >= 15 is 0 Å². The highest BCUT2D eigenvalue weighted by molar-refractivity contribution is 9.10. The van der Waals surface area contributed by atoms with E-state index in [1.165, 1.54) is 12.8 Å². The molecule has 1 fully saturated rings. The van der Waals surface area contributed by atoms with Crippen LogP contribution in [0.15, 0.2) is 22.7 Å². The largest absolute Gasteiger partial charge is 0.329 e. The van der Waals surface area contributed by atoms with Crippen molar-refractivity contribution in [2.45, 2.75) is 38.8 Å². The number of nitrogens with zero attached hydrogens (tertiary/aromatic N) is 1. The number of benzene rings is 1. The summed E-state index contributed by atoms with van der Waals surface area (Å²) in [5, 5.41) is 0.802. The highest BCUT2D eigenvalue weighted by Gasteiger charge is 2.29. The lowest BCUT2D eigenvalue weighted by Crippen LogP contribution is -2.45. The van der Waals surface area contributed by atoms with Crippen LogP contribution in [0, 0.1) is 5.92 Å². The van der Waals surface area contributed by atoms with Crippen LogP contribution in [0.3, 0.4) is 0 Å². The van der Waals surface area contributed by atoms with Crippen LogP contribution >= 0.6 is 27.5 Å².